The number of hydrogen-bond donors (Lipinski definition) is 2. The number of H-pyrrole nitrogens is 1. The van der Waals surface area contributed by atoms with E-state index in [1.54, 1.807) is 67.2 Å². The SMILES string of the molecule is Cc1c(NC(=O)COC(=O)c2cc(=O)[nH]c3ccccc23)c(=O)n(-c2ccccc2)n1C. The fourth-order valence-electron chi connectivity index (χ4n) is 3.47. The summed E-state index contributed by atoms with van der Waals surface area (Å²) in [7, 11) is 1.71. The van der Waals surface area contributed by atoms with Crippen LogP contribution in [0.3, 0.4) is 0 Å². The summed E-state index contributed by atoms with van der Waals surface area (Å²) in [6.07, 6.45) is 0. The first-order valence-corrected chi connectivity index (χ1v) is 9.80. The highest BCUT2D eigenvalue weighted by Gasteiger charge is 2.20. The van der Waals surface area contributed by atoms with Crippen molar-refractivity contribution in [2.75, 3.05) is 11.9 Å². The van der Waals surface area contributed by atoms with Gasteiger partial charge in [0.1, 0.15) is 5.69 Å². The van der Waals surface area contributed by atoms with Gasteiger partial charge in [0.15, 0.2) is 6.61 Å². The molecule has 162 valence electrons. The van der Waals surface area contributed by atoms with E-state index in [1.807, 2.05) is 6.07 Å². The Hall–Kier alpha value is -4.40. The third-order valence-electron chi connectivity index (χ3n) is 5.12. The molecule has 2 aromatic heterocycles. The predicted molar refractivity (Wildman–Crippen MR) is 119 cm³/mol. The summed E-state index contributed by atoms with van der Waals surface area (Å²) in [6.45, 7) is 1.09. The molecule has 0 saturated heterocycles. The highest BCUT2D eigenvalue weighted by atomic mass is 16.5. The van der Waals surface area contributed by atoms with Crippen molar-refractivity contribution >= 4 is 28.5 Å². The minimum absolute atomic E-state index is 0.0551. The molecule has 2 N–H and O–H groups in total. The van der Waals surface area contributed by atoms with E-state index in [9.17, 15) is 19.2 Å². The molecule has 0 fully saturated rings. The summed E-state index contributed by atoms with van der Waals surface area (Å²) >= 11 is 0. The molecule has 4 aromatic rings. The summed E-state index contributed by atoms with van der Waals surface area (Å²) in [4.78, 5) is 52.3. The lowest BCUT2D eigenvalue weighted by Gasteiger charge is -2.08. The van der Waals surface area contributed by atoms with Crippen LogP contribution in [0.15, 0.2) is 70.3 Å². The lowest BCUT2D eigenvalue weighted by Crippen LogP contribution is -2.26. The number of benzene rings is 2. The number of aromatic nitrogens is 3. The van der Waals surface area contributed by atoms with E-state index in [0.717, 1.165) is 6.07 Å². The Labute approximate surface area is 181 Å². The number of nitrogens with one attached hydrogen (secondary N) is 2. The fourth-order valence-corrected chi connectivity index (χ4v) is 3.47. The molecule has 2 aromatic carbocycles. The number of aromatic amines is 1. The molecule has 0 radical (unpaired) electrons. The first-order valence-electron chi connectivity index (χ1n) is 9.80. The number of ether oxygens (including phenoxy) is 1. The highest BCUT2D eigenvalue weighted by Crippen LogP contribution is 2.16. The van der Waals surface area contributed by atoms with E-state index in [4.69, 9.17) is 4.74 Å². The standard InChI is InChI=1S/C23H20N4O5/c1-14-21(22(30)27(26(14)2)15-8-4-3-5-9-15)25-20(29)13-32-23(31)17-12-19(28)24-18-11-7-6-10-16(17)18/h3-12H,13H2,1-2H3,(H,24,28)(H,25,29). The van der Waals surface area contributed by atoms with Crippen molar-refractivity contribution in [2.45, 2.75) is 6.92 Å². The average Bonchev–Trinajstić information content (AvgIpc) is 3.00. The number of nitrogens with zero attached hydrogens (tertiary/aromatic N) is 2. The number of para-hydroxylation sites is 2. The first kappa shape index (κ1) is 20.9. The van der Waals surface area contributed by atoms with Crippen LogP contribution in [-0.4, -0.2) is 32.8 Å². The molecule has 0 aliphatic rings. The van der Waals surface area contributed by atoms with Gasteiger partial charge < -0.3 is 15.0 Å². The second-order valence-corrected chi connectivity index (χ2v) is 7.15. The number of anilines is 1. The maximum Gasteiger partial charge on any atom is 0.339 e. The Kier molecular flexibility index (Phi) is 5.46. The largest absolute Gasteiger partial charge is 0.452 e. The molecule has 9 nitrogen and oxygen atoms in total. The van der Waals surface area contributed by atoms with Gasteiger partial charge in [-0.3, -0.25) is 19.1 Å². The molecule has 0 unspecified atom stereocenters. The average molecular weight is 432 g/mol. The quantitative estimate of drug-likeness (QED) is 0.469. The lowest BCUT2D eigenvalue weighted by atomic mass is 10.1. The van der Waals surface area contributed by atoms with Crippen molar-refractivity contribution in [1.29, 1.82) is 0 Å². The van der Waals surface area contributed by atoms with E-state index >= 15 is 0 Å². The van der Waals surface area contributed by atoms with Crippen molar-refractivity contribution in [3.05, 3.63) is 92.6 Å². The van der Waals surface area contributed by atoms with Crippen LogP contribution in [-0.2, 0) is 16.6 Å². The molecule has 0 atom stereocenters. The maximum absolute atomic E-state index is 12.9. The zero-order chi connectivity index (χ0) is 22.8. The first-order chi connectivity index (χ1) is 15.4. The van der Waals surface area contributed by atoms with Gasteiger partial charge in [-0.2, -0.15) is 0 Å². The second-order valence-electron chi connectivity index (χ2n) is 7.15. The van der Waals surface area contributed by atoms with Crippen LogP contribution in [0.5, 0.6) is 0 Å². The smallest absolute Gasteiger partial charge is 0.339 e. The van der Waals surface area contributed by atoms with Crippen molar-refractivity contribution in [3.63, 3.8) is 0 Å². The normalized spacial score (nSPS) is 10.8. The molecular formula is C23H20N4O5. The second kappa shape index (κ2) is 8.38. The van der Waals surface area contributed by atoms with Crippen LogP contribution in [0.2, 0.25) is 0 Å². The van der Waals surface area contributed by atoms with Crippen LogP contribution in [0.1, 0.15) is 16.1 Å². The Balaban J connectivity index is 1.52. The molecule has 0 bridgehead atoms. The van der Waals surface area contributed by atoms with Crippen molar-refractivity contribution in [1.82, 2.24) is 14.3 Å². The van der Waals surface area contributed by atoms with Gasteiger partial charge in [0.2, 0.25) is 5.56 Å². The molecule has 9 heteroatoms. The number of carbonyl (C=O) groups excluding carboxylic acids is 2. The molecule has 0 saturated carbocycles. The number of fused-ring (bicyclic) bond motifs is 1. The molecule has 4 rings (SSSR count). The molecule has 0 aliphatic carbocycles. The summed E-state index contributed by atoms with van der Waals surface area (Å²) < 4.78 is 8.16. The number of amides is 1. The van der Waals surface area contributed by atoms with Crippen LogP contribution >= 0.6 is 0 Å². The van der Waals surface area contributed by atoms with Gasteiger partial charge in [0, 0.05) is 24.0 Å². The van der Waals surface area contributed by atoms with E-state index in [0.29, 0.717) is 22.3 Å². The summed E-state index contributed by atoms with van der Waals surface area (Å²) in [6, 6.07) is 16.9. The van der Waals surface area contributed by atoms with Gasteiger partial charge in [-0.05, 0) is 25.1 Å². The third kappa shape index (κ3) is 3.83. The third-order valence-corrected chi connectivity index (χ3v) is 5.12. The Bertz CT molecular complexity index is 1450. The Morgan fingerprint density at radius 3 is 2.47 bits per heavy atom. The van der Waals surface area contributed by atoms with E-state index in [2.05, 4.69) is 10.3 Å². The topological polar surface area (TPSA) is 115 Å². The van der Waals surface area contributed by atoms with Gasteiger partial charge >= 0.3 is 5.97 Å². The van der Waals surface area contributed by atoms with Gasteiger partial charge in [0.25, 0.3) is 11.5 Å². The van der Waals surface area contributed by atoms with Gasteiger partial charge in [0.05, 0.1) is 16.9 Å². The van der Waals surface area contributed by atoms with E-state index in [1.165, 1.54) is 4.68 Å². The van der Waals surface area contributed by atoms with Gasteiger partial charge in [-0.1, -0.05) is 36.4 Å². The van der Waals surface area contributed by atoms with Crippen molar-refractivity contribution in [3.8, 4) is 5.69 Å². The summed E-state index contributed by atoms with van der Waals surface area (Å²) in [5, 5.41) is 3.03. The number of esters is 1. The van der Waals surface area contributed by atoms with Crippen LogP contribution in [0.25, 0.3) is 16.6 Å². The number of hydrogen-bond acceptors (Lipinski definition) is 5. The molecule has 2 heterocycles. The molecule has 32 heavy (non-hydrogen) atoms. The molecule has 0 spiro atoms. The minimum Gasteiger partial charge on any atom is -0.452 e. The Morgan fingerprint density at radius 1 is 1.03 bits per heavy atom. The van der Waals surface area contributed by atoms with Crippen molar-refractivity contribution in [2.24, 2.45) is 7.05 Å². The lowest BCUT2D eigenvalue weighted by molar-refractivity contribution is -0.119. The van der Waals surface area contributed by atoms with Crippen molar-refractivity contribution < 1.29 is 14.3 Å². The monoisotopic (exact) mass is 432 g/mol. The summed E-state index contributed by atoms with van der Waals surface area (Å²) in [5.41, 5.74) is 0.963. The predicted octanol–water partition coefficient (Wildman–Crippen LogP) is 2.12. The molecule has 0 aliphatic heterocycles. The Morgan fingerprint density at radius 2 is 1.72 bits per heavy atom. The van der Waals surface area contributed by atoms with E-state index in [-0.39, 0.29) is 11.3 Å². The highest BCUT2D eigenvalue weighted by molar-refractivity contribution is 6.04. The number of pyridine rings is 1. The summed E-state index contributed by atoms with van der Waals surface area (Å²) in [5.74, 6) is -1.48. The van der Waals surface area contributed by atoms with Gasteiger partial charge in [-0.25, -0.2) is 9.48 Å². The maximum atomic E-state index is 12.9. The molecular weight excluding hydrogens is 412 g/mol. The zero-order valence-corrected chi connectivity index (χ0v) is 17.4. The number of rotatable bonds is 5. The minimum atomic E-state index is -0.811. The fraction of sp³-hybridized carbons (Fsp3) is 0.130. The van der Waals surface area contributed by atoms with Gasteiger partial charge in [-0.15, -0.1) is 0 Å². The van der Waals surface area contributed by atoms with Crippen LogP contribution in [0.4, 0.5) is 5.69 Å². The van der Waals surface area contributed by atoms with E-state index < -0.39 is 29.6 Å². The zero-order valence-electron chi connectivity index (χ0n) is 17.4. The van der Waals surface area contributed by atoms with Crippen LogP contribution < -0.4 is 16.4 Å². The molecule has 1 amide bonds. The van der Waals surface area contributed by atoms with Crippen LogP contribution in [0, 0.1) is 6.92 Å². The number of carbonyl (C=O) groups is 2.